The van der Waals surface area contributed by atoms with E-state index in [-0.39, 0.29) is 11.5 Å². The molecule has 0 aromatic heterocycles. The molecule has 3 rings (SSSR count). The third-order valence-electron chi connectivity index (χ3n) is 3.95. The first kappa shape index (κ1) is 17.0. The summed E-state index contributed by atoms with van der Waals surface area (Å²) in [6.07, 6.45) is -3.61. The molecule has 4 nitrogen and oxygen atoms in total. The monoisotopic (exact) mass is 314 g/mol. The molecule has 2 heterocycles. The van der Waals surface area contributed by atoms with Gasteiger partial charge in [-0.25, -0.2) is 0 Å². The van der Waals surface area contributed by atoms with Crippen LogP contribution in [0.5, 0.6) is 11.5 Å². The normalized spacial score (nSPS) is 23.0. The van der Waals surface area contributed by atoms with Gasteiger partial charge in [0.2, 0.25) is 0 Å². The molecule has 0 radical (unpaired) electrons. The topological polar surface area (TPSA) is 36.9 Å². The smallest absolute Gasteiger partial charge is 0.399 e. The van der Waals surface area contributed by atoms with Crippen LogP contribution in [0.3, 0.4) is 0 Å². The molecule has 2 aliphatic heterocycles. The Balaban J connectivity index is 0.000000847. The van der Waals surface area contributed by atoms with Gasteiger partial charge in [-0.3, -0.25) is 0 Å². The fraction of sp³-hybridized carbons (Fsp3) is 0.600. The van der Waals surface area contributed by atoms with E-state index in [0.717, 1.165) is 0 Å². The Morgan fingerprint density at radius 2 is 1.36 bits per heavy atom. The standard InChI is InChI=1S/C13H15BF2O4.C2H6/c1-11(2)12(3,4)20-14(19-11)8-5-6-9-10(7-8)18-13(15,16)17-9;1-2/h5-7H,1-4H3;1-2H3. The molecule has 0 aliphatic carbocycles. The van der Waals surface area contributed by atoms with Gasteiger partial charge in [-0.15, -0.1) is 8.78 Å². The Morgan fingerprint density at radius 3 is 1.91 bits per heavy atom. The van der Waals surface area contributed by atoms with Crippen LogP contribution in [0.4, 0.5) is 8.78 Å². The van der Waals surface area contributed by atoms with Crippen LogP contribution in [-0.4, -0.2) is 24.6 Å². The van der Waals surface area contributed by atoms with E-state index < -0.39 is 24.6 Å². The molecular weight excluding hydrogens is 293 g/mol. The third-order valence-corrected chi connectivity index (χ3v) is 3.95. The first-order chi connectivity index (χ1) is 10.1. The second-order valence-electron chi connectivity index (χ2n) is 5.96. The first-order valence-corrected chi connectivity index (χ1v) is 7.35. The Kier molecular flexibility index (Phi) is 4.17. The summed E-state index contributed by atoms with van der Waals surface area (Å²) in [7, 11) is -0.622. The third kappa shape index (κ3) is 2.92. The molecule has 0 spiro atoms. The maximum absolute atomic E-state index is 13.0. The highest BCUT2D eigenvalue weighted by atomic mass is 19.3. The average molecular weight is 314 g/mol. The second kappa shape index (κ2) is 5.39. The van der Waals surface area contributed by atoms with E-state index in [9.17, 15) is 8.78 Å². The van der Waals surface area contributed by atoms with Crippen LogP contribution in [0, 0.1) is 0 Å². The summed E-state index contributed by atoms with van der Waals surface area (Å²) in [6, 6.07) is 4.51. The van der Waals surface area contributed by atoms with E-state index in [0.29, 0.717) is 5.46 Å². The predicted molar refractivity (Wildman–Crippen MR) is 79.7 cm³/mol. The minimum atomic E-state index is -3.61. The molecule has 0 saturated carbocycles. The molecule has 7 heteroatoms. The first-order valence-electron chi connectivity index (χ1n) is 7.35. The summed E-state index contributed by atoms with van der Waals surface area (Å²) in [5.41, 5.74) is -0.362. The van der Waals surface area contributed by atoms with E-state index in [1.807, 2.05) is 41.5 Å². The minimum absolute atomic E-state index is 0.00951. The van der Waals surface area contributed by atoms with Crippen LogP contribution in [0.15, 0.2) is 18.2 Å². The number of alkyl halides is 2. The van der Waals surface area contributed by atoms with Crippen molar-refractivity contribution in [2.75, 3.05) is 0 Å². The summed E-state index contributed by atoms with van der Waals surface area (Å²) in [5, 5.41) is 0. The lowest BCUT2D eigenvalue weighted by molar-refractivity contribution is -0.286. The SMILES string of the molecule is CC.CC1(C)OB(c2ccc3c(c2)OC(F)(F)O3)OC1(C)C. The fourth-order valence-corrected chi connectivity index (χ4v) is 2.09. The zero-order valence-electron chi connectivity index (χ0n) is 13.7. The zero-order chi connectivity index (χ0) is 16.8. The quantitative estimate of drug-likeness (QED) is 0.745. The highest BCUT2D eigenvalue weighted by Gasteiger charge is 2.52. The van der Waals surface area contributed by atoms with Crippen LogP contribution < -0.4 is 14.9 Å². The lowest BCUT2D eigenvalue weighted by Gasteiger charge is -2.32. The molecule has 0 atom stereocenters. The summed E-state index contributed by atoms with van der Waals surface area (Å²) >= 11 is 0. The van der Waals surface area contributed by atoms with Crippen LogP contribution in [-0.2, 0) is 9.31 Å². The van der Waals surface area contributed by atoms with E-state index in [1.54, 1.807) is 6.07 Å². The molecule has 1 aromatic carbocycles. The van der Waals surface area contributed by atoms with Crippen molar-refractivity contribution in [3.05, 3.63) is 18.2 Å². The summed E-state index contributed by atoms with van der Waals surface area (Å²) in [4.78, 5) is 0. The van der Waals surface area contributed by atoms with Crippen molar-refractivity contribution < 1.29 is 27.6 Å². The van der Waals surface area contributed by atoms with Gasteiger partial charge in [0.05, 0.1) is 11.2 Å². The molecule has 1 fully saturated rings. The number of rotatable bonds is 1. The number of ether oxygens (including phenoxy) is 2. The van der Waals surface area contributed by atoms with Gasteiger partial charge in [0.1, 0.15) is 0 Å². The predicted octanol–water partition coefficient (Wildman–Crippen LogP) is 3.33. The van der Waals surface area contributed by atoms with E-state index in [2.05, 4.69) is 9.47 Å². The average Bonchev–Trinajstić information content (AvgIpc) is 2.82. The maximum Gasteiger partial charge on any atom is 0.586 e. The molecular formula is C15H21BF2O4. The maximum atomic E-state index is 13.0. The number of hydrogen-bond acceptors (Lipinski definition) is 4. The largest absolute Gasteiger partial charge is 0.586 e. The van der Waals surface area contributed by atoms with Gasteiger partial charge < -0.3 is 18.8 Å². The molecule has 1 aromatic rings. The molecule has 2 aliphatic rings. The summed E-state index contributed by atoms with van der Waals surface area (Å²) in [6.45, 7) is 11.7. The van der Waals surface area contributed by atoms with Crippen molar-refractivity contribution in [2.24, 2.45) is 0 Å². The number of fused-ring (bicyclic) bond motifs is 1. The van der Waals surface area contributed by atoms with Crippen LogP contribution in [0.1, 0.15) is 41.5 Å². The fourth-order valence-electron chi connectivity index (χ4n) is 2.09. The molecule has 0 amide bonds. The van der Waals surface area contributed by atoms with Crippen LogP contribution in [0.2, 0.25) is 0 Å². The van der Waals surface area contributed by atoms with Gasteiger partial charge >= 0.3 is 13.4 Å². The molecule has 0 bridgehead atoms. The second-order valence-corrected chi connectivity index (χ2v) is 5.96. The van der Waals surface area contributed by atoms with Gasteiger partial charge in [0.25, 0.3) is 0 Å². The van der Waals surface area contributed by atoms with Crippen molar-refractivity contribution in [3.63, 3.8) is 0 Å². The Hall–Kier alpha value is -1.34. The molecule has 122 valence electrons. The van der Waals surface area contributed by atoms with E-state index in [1.165, 1.54) is 12.1 Å². The van der Waals surface area contributed by atoms with Crippen molar-refractivity contribution in [1.82, 2.24) is 0 Å². The van der Waals surface area contributed by atoms with Crippen LogP contribution in [0.25, 0.3) is 0 Å². The Labute approximate surface area is 129 Å². The van der Waals surface area contributed by atoms with Gasteiger partial charge in [-0.1, -0.05) is 19.9 Å². The minimum Gasteiger partial charge on any atom is -0.399 e. The highest BCUT2D eigenvalue weighted by Crippen LogP contribution is 2.41. The highest BCUT2D eigenvalue weighted by molar-refractivity contribution is 6.62. The summed E-state index contributed by atoms with van der Waals surface area (Å²) in [5.74, 6) is -0.00233. The van der Waals surface area contributed by atoms with Crippen molar-refractivity contribution in [1.29, 1.82) is 0 Å². The van der Waals surface area contributed by atoms with E-state index >= 15 is 0 Å². The lowest BCUT2D eigenvalue weighted by Crippen LogP contribution is -2.41. The molecule has 22 heavy (non-hydrogen) atoms. The molecule has 1 saturated heterocycles. The number of halogens is 2. The molecule has 0 unspecified atom stereocenters. The van der Waals surface area contributed by atoms with Crippen molar-refractivity contribution in [3.8, 4) is 11.5 Å². The zero-order valence-corrected chi connectivity index (χ0v) is 13.7. The van der Waals surface area contributed by atoms with Gasteiger partial charge in [-0.2, -0.15) is 0 Å². The van der Waals surface area contributed by atoms with Gasteiger partial charge in [0, 0.05) is 0 Å². The van der Waals surface area contributed by atoms with Gasteiger partial charge in [0.15, 0.2) is 11.5 Å². The number of benzene rings is 1. The summed E-state index contributed by atoms with van der Waals surface area (Å²) < 4.78 is 46.5. The Morgan fingerprint density at radius 1 is 0.864 bits per heavy atom. The van der Waals surface area contributed by atoms with E-state index in [4.69, 9.17) is 9.31 Å². The molecule has 0 N–H and O–H groups in total. The number of hydrogen-bond donors (Lipinski definition) is 0. The van der Waals surface area contributed by atoms with Crippen LogP contribution >= 0.6 is 0 Å². The van der Waals surface area contributed by atoms with Crippen molar-refractivity contribution in [2.45, 2.75) is 59.0 Å². The van der Waals surface area contributed by atoms with Gasteiger partial charge in [-0.05, 0) is 45.3 Å². The lowest BCUT2D eigenvalue weighted by atomic mass is 9.79. The van der Waals surface area contributed by atoms with Crippen molar-refractivity contribution >= 4 is 12.6 Å². The Bertz CT molecular complexity index is 544.